The van der Waals surface area contributed by atoms with Crippen molar-refractivity contribution in [2.45, 2.75) is 6.42 Å². The third-order valence-electron chi connectivity index (χ3n) is 6.43. The molecular weight excluding hydrogens is 396 g/mol. The van der Waals surface area contributed by atoms with Gasteiger partial charge in [-0.25, -0.2) is 9.78 Å². The molecule has 5 rings (SSSR count). The normalized spacial score (nSPS) is 21.7. The summed E-state index contributed by atoms with van der Waals surface area (Å²) in [5, 5.41) is 12.1. The third kappa shape index (κ3) is 3.65. The number of benzene rings is 1. The molecule has 3 atom stereocenters. The minimum Gasteiger partial charge on any atom is -0.478 e. The molecule has 1 saturated heterocycles. The molecule has 1 aliphatic carbocycles. The molecule has 8 nitrogen and oxygen atoms in total. The lowest BCUT2D eigenvalue weighted by atomic mass is 10.1. The Morgan fingerprint density at radius 2 is 1.84 bits per heavy atom. The molecule has 2 fully saturated rings. The zero-order valence-corrected chi connectivity index (χ0v) is 16.8. The summed E-state index contributed by atoms with van der Waals surface area (Å²) >= 11 is 0. The minimum atomic E-state index is -1.04. The lowest BCUT2D eigenvalue weighted by Gasteiger charge is -2.20. The molecule has 31 heavy (non-hydrogen) atoms. The topological polar surface area (TPSA) is 104 Å². The number of nitrogens with one attached hydrogen (secondary N) is 1. The Kier molecular flexibility index (Phi) is 4.69. The first-order valence-electron chi connectivity index (χ1n) is 10.3. The Morgan fingerprint density at radius 1 is 1.06 bits per heavy atom. The Bertz CT molecular complexity index is 1180. The van der Waals surface area contributed by atoms with Crippen LogP contribution in [0.15, 0.2) is 55.0 Å². The number of amides is 2. The first kappa shape index (κ1) is 19.3. The number of hydrogen-bond acceptors (Lipinski definition) is 4. The second-order valence-electron chi connectivity index (χ2n) is 8.24. The van der Waals surface area contributed by atoms with Crippen molar-refractivity contribution in [3.63, 3.8) is 0 Å². The average Bonchev–Trinajstić information content (AvgIpc) is 3.15. The largest absolute Gasteiger partial charge is 0.478 e. The lowest BCUT2D eigenvalue weighted by molar-refractivity contribution is 0.0696. The van der Waals surface area contributed by atoms with E-state index in [-0.39, 0.29) is 17.4 Å². The number of hydrogen-bond donors (Lipinski definition) is 2. The van der Waals surface area contributed by atoms with E-state index in [9.17, 15) is 14.4 Å². The van der Waals surface area contributed by atoms with E-state index in [1.807, 2.05) is 21.6 Å². The fraction of sp³-hybridized carbons (Fsp3) is 0.304. The van der Waals surface area contributed by atoms with Crippen LogP contribution in [0.3, 0.4) is 0 Å². The zero-order chi connectivity index (χ0) is 21.5. The van der Waals surface area contributed by atoms with Crippen LogP contribution < -0.4 is 5.32 Å². The predicted octanol–water partition coefficient (Wildman–Crippen LogP) is 2.17. The number of carbonyl (C=O) groups is 3. The van der Waals surface area contributed by atoms with Crippen LogP contribution in [-0.2, 0) is 0 Å². The van der Waals surface area contributed by atoms with E-state index < -0.39 is 5.97 Å². The van der Waals surface area contributed by atoms with Crippen molar-refractivity contribution >= 4 is 23.4 Å². The molecule has 2 aliphatic rings. The Balaban J connectivity index is 1.10. The highest BCUT2D eigenvalue weighted by Crippen LogP contribution is 2.53. The molecule has 1 aromatic carbocycles. The molecule has 158 valence electrons. The van der Waals surface area contributed by atoms with Gasteiger partial charge in [0.2, 0.25) is 0 Å². The summed E-state index contributed by atoms with van der Waals surface area (Å²) in [6.45, 7) is 1.99. The average molecular weight is 418 g/mol. The number of aromatic carboxylic acids is 1. The maximum absolute atomic E-state index is 12.7. The monoisotopic (exact) mass is 418 g/mol. The quantitative estimate of drug-likeness (QED) is 0.639. The SMILES string of the molecule is O=C(O)c1cccc(C(=O)N2C[C@@H]3[C@H](CCNC(=O)c4ccc5nccn5c4)[C@@H]3C2)c1. The van der Waals surface area contributed by atoms with Crippen molar-refractivity contribution in [3.05, 3.63) is 71.7 Å². The van der Waals surface area contributed by atoms with Gasteiger partial charge in [-0.3, -0.25) is 9.59 Å². The molecule has 0 spiro atoms. The van der Waals surface area contributed by atoms with Crippen molar-refractivity contribution in [1.29, 1.82) is 0 Å². The summed E-state index contributed by atoms with van der Waals surface area (Å²) in [6.07, 6.45) is 6.17. The first-order valence-corrected chi connectivity index (χ1v) is 10.3. The highest BCUT2D eigenvalue weighted by molar-refractivity contribution is 5.97. The number of piperidine rings is 1. The van der Waals surface area contributed by atoms with Crippen LogP contribution in [0.1, 0.15) is 37.5 Å². The summed E-state index contributed by atoms with van der Waals surface area (Å²) in [4.78, 5) is 42.2. The van der Waals surface area contributed by atoms with E-state index in [0.29, 0.717) is 48.5 Å². The summed E-state index contributed by atoms with van der Waals surface area (Å²) in [5.74, 6) is 0.196. The summed E-state index contributed by atoms with van der Waals surface area (Å²) in [7, 11) is 0. The molecule has 0 unspecified atom stereocenters. The van der Waals surface area contributed by atoms with Crippen LogP contribution in [0.25, 0.3) is 5.65 Å². The molecule has 3 aromatic rings. The fourth-order valence-electron chi connectivity index (χ4n) is 4.72. The predicted molar refractivity (Wildman–Crippen MR) is 112 cm³/mol. The molecule has 2 amide bonds. The maximum Gasteiger partial charge on any atom is 0.335 e. The second-order valence-corrected chi connectivity index (χ2v) is 8.24. The number of carboxylic acids is 1. The van der Waals surface area contributed by atoms with Crippen molar-refractivity contribution in [2.75, 3.05) is 19.6 Å². The van der Waals surface area contributed by atoms with Gasteiger partial charge in [-0.15, -0.1) is 0 Å². The van der Waals surface area contributed by atoms with E-state index in [0.717, 1.165) is 12.1 Å². The maximum atomic E-state index is 12.7. The highest BCUT2D eigenvalue weighted by atomic mass is 16.4. The molecule has 1 aliphatic heterocycles. The number of carboxylic acid groups (broad SMARTS) is 1. The number of aromatic nitrogens is 2. The van der Waals surface area contributed by atoms with Crippen LogP contribution in [0, 0.1) is 17.8 Å². The van der Waals surface area contributed by atoms with Crippen LogP contribution in [0.2, 0.25) is 0 Å². The molecule has 2 N–H and O–H groups in total. The fourth-order valence-corrected chi connectivity index (χ4v) is 4.72. The number of likely N-dealkylation sites (tertiary alicyclic amines) is 1. The summed E-state index contributed by atoms with van der Waals surface area (Å²) in [5.41, 5.74) is 1.94. The number of imidazole rings is 1. The zero-order valence-electron chi connectivity index (χ0n) is 16.8. The third-order valence-corrected chi connectivity index (χ3v) is 6.43. The van der Waals surface area contributed by atoms with Gasteiger partial charge in [0.05, 0.1) is 11.1 Å². The minimum absolute atomic E-state index is 0.100. The van der Waals surface area contributed by atoms with Gasteiger partial charge in [0.15, 0.2) is 0 Å². The Hall–Kier alpha value is -3.68. The van der Waals surface area contributed by atoms with Crippen molar-refractivity contribution in [3.8, 4) is 0 Å². The van der Waals surface area contributed by atoms with Gasteiger partial charge in [0.25, 0.3) is 11.8 Å². The molecule has 3 heterocycles. The van der Waals surface area contributed by atoms with Crippen molar-refractivity contribution in [2.24, 2.45) is 17.8 Å². The van der Waals surface area contributed by atoms with Crippen LogP contribution in [0.4, 0.5) is 0 Å². The Morgan fingerprint density at radius 3 is 2.61 bits per heavy atom. The Labute approximate surface area is 178 Å². The van der Waals surface area contributed by atoms with Crippen molar-refractivity contribution < 1.29 is 19.5 Å². The van der Waals surface area contributed by atoms with E-state index >= 15 is 0 Å². The molecule has 1 saturated carbocycles. The van der Waals surface area contributed by atoms with Crippen LogP contribution >= 0.6 is 0 Å². The van der Waals surface area contributed by atoms with Gasteiger partial charge in [-0.05, 0) is 54.5 Å². The van der Waals surface area contributed by atoms with Crippen LogP contribution in [-0.4, -0.2) is 56.8 Å². The number of carbonyl (C=O) groups excluding carboxylic acids is 2. The standard InChI is InChI=1S/C23H22N4O4/c28-21(16-4-5-20-24-8-9-26(20)11-16)25-7-6-17-18-12-27(13-19(17)18)22(29)14-2-1-3-15(10-14)23(30)31/h1-5,8-11,17-19H,6-7,12-13H2,(H,25,28)(H,30,31)/t17-,18+,19-. The molecule has 8 heteroatoms. The highest BCUT2D eigenvalue weighted by Gasteiger charge is 2.55. The van der Waals surface area contributed by atoms with Gasteiger partial charge in [-0.1, -0.05) is 6.07 Å². The molecule has 2 aromatic heterocycles. The van der Waals surface area contributed by atoms with Crippen LogP contribution in [0.5, 0.6) is 0 Å². The van der Waals surface area contributed by atoms with E-state index in [1.165, 1.54) is 12.1 Å². The van der Waals surface area contributed by atoms with Gasteiger partial charge >= 0.3 is 5.97 Å². The first-order chi connectivity index (χ1) is 15.0. The summed E-state index contributed by atoms with van der Waals surface area (Å²) in [6, 6.07) is 9.77. The number of rotatable bonds is 6. The summed E-state index contributed by atoms with van der Waals surface area (Å²) < 4.78 is 1.82. The van der Waals surface area contributed by atoms with E-state index in [4.69, 9.17) is 5.11 Å². The molecule has 0 radical (unpaired) electrons. The van der Waals surface area contributed by atoms with Gasteiger partial charge in [0, 0.05) is 43.8 Å². The van der Waals surface area contributed by atoms with E-state index in [2.05, 4.69) is 10.3 Å². The molecule has 0 bridgehead atoms. The van der Waals surface area contributed by atoms with Gasteiger partial charge < -0.3 is 19.7 Å². The number of pyridine rings is 1. The molecular formula is C23H22N4O4. The number of fused-ring (bicyclic) bond motifs is 2. The second kappa shape index (κ2) is 7.54. The van der Waals surface area contributed by atoms with Gasteiger partial charge in [-0.2, -0.15) is 0 Å². The van der Waals surface area contributed by atoms with Gasteiger partial charge in [0.1, 0.15) is 5.65 Å². The lowest BCUT2D eigenvalue weighted by Crippen LogP contribution is -2.32. The van der Waals surface area contributed by atoms with E-state index in [1.54, 1.807) is 30.6 Å². The smallest absolute Gasteiger partial charge is 0.335 e. The van der Waals surface area contributed by atoms with Crippen molar-refractivity contribution in [1.82, 2.24) is 19.6 Å². The number of nitrogens with zero attached hydrogens (tertiary/aromatic N) is 3.